The zero-order chi connectivity index (χ0) is 14.8. The van der Waals surface area contributed by atoms with Crippen LogP contribution in [0.15, 0.2) is 0 Å². The highest BCUT2D eigenvalue weighted by atomic mass is 16.4. The number of aliphatic hydroxyl groups excluding tert-OH is 1. The number of unbranched alkanes of at least 4 members (excludes halogenated alkanes) is 2. The lowest BCUT2D eigenvalue weighted by molar-refractivity contribution is -0.141. The maximum atomic E-state index is 12.0. The Balaban J connectivity index is 2.36. The van der Waals surface area contributed by atoms with Gasteiger partial charge in [-0.05, 0) is 37.5 Å². The molecule has 0 aliphatic heterocycles. The predicted octanol–water partition coefficient (Wildman–Crippen LogP) is 2.08. The van der Waals surface area contributed by atoms with E-state index in [2.05, 4.69) is 5.32 Å². The molecule has 1 saturated carbocycles. The van der Waals surface area contributed by atoms with E-state index in [1.54, 1.807) is 0 Å². The largest absolute Gasteiger partial charge is 0.481 e. The Labute approximate surface area is 120 Å². The van der Waals surface area contributed by atoms with Crippen molar-refractivity contribution in [2.24, 2.45) is 5.41 Å². The maximum absolute atomic E-state index is 12.0. The van der Waals surface area contributed by atoms with Gasteiger partial charge in [-0.2, -0.15) is 0 Å². The van der Waals surface area contributed by atoms with Crippen molar-refractivity contribution in [2.45, 2.75) is 64.2 Å². The van der Waals surface area contributed by atoms with Crippen LogP contribution in [-0.2, 0) is 9.59 Å². The molecule has 3 N–H and O–H groups in total. The number of aliphatic carboxylic acids is 1. The number of carboxylic acids is 1. The first kappa shape index (κ1) is 17.0. The van der Waals surface area contributed by atoms with Crippen molar-refractivity contribution < 1.29 is 19.8 Å². The van der Waals surface area contributed by atoms with Crippen LogP contribution in [0.25, 0.3) is 0 Å². The van der Waals surface area contributed by atoms with Gasteiger partial charge in [-0.25, -0.2) is 0 Å². The number of carboxylic acid groups (broad SMARTS) is 1. The van der Waals surface area contributed by atoms with Gasteiger partial charge in [-0.3, -0.25) is 9.59 Å². The molecule has 5 nitrogen and oxygen atoms in total. The minimum absolute atomic E-state index is 0.0304. The quantitative estimate of drug-likeness (QED) is 0.566. The molecule has 5 heteroatoms. The van der Waals surface area contributed by atoms with Gasteiger partial charge in [0.2, 0.25) is 5.91 Å². The molecule has 1 amide bonds. The molecule has 0 unspecified atom stereocenters. The van der Waals surface area contributed by atoms with Gasteiger partial charge in [-0.1, -0.05) is 19.3 Å². The zero-order valence-electron chi connectivity index (χ0n) is 12.2. The molecule has 0 aromatic rings. The van der Waals surface area contributed by atoms with E-state index in [-0.39, 0.29) is 24.3 Å². The Morgan fingerprint density at radius 3 is 2.30 bits per heavy atom. The molecular formula is C15H27NO4. The predicted molar refractivity (Wildman–Crippen MR) is 76.3 cm³/mol. The standard InChI is InChI=1S/C15H27NO4/c17-10-6-2-5-9-16-13(18)11-15(12-14(19)20)7-3-1-4-8-15/h17H,1-12H2,(H,16,18)(H,19,20). The number of hydrogen-bond donors (Lipinski definition) is 3. The van der Waals surface area contributed by atoms with Crippen LogP contribution in [0.3, 0.4) is 0 Å². The molecule has 116 valence electrons. The fourth-order valence-electron chi connectivity index (χ4n) is 3.08. The topological polar surface area (TPSA) is 86.6 Å². The van der Waals surface area contributed by atoms with Crippen LogP contribution in [0.1, 0.15) is 64.2 Å². The third-order valence-electron chi connectivity index (χ3n) is 4.13. The first-order valence-electron chi connectivity index (χ1n) is 7.67. The van der Waals surface area contributed by atoms with Gasteiger partial charge in [-0.15, -0.1) is 0 Å². The number of aliphatic hydroxyl groups is 1. The van der Waals surface area contributed by atoms with Gasteiger partial charge in [0.25, 0.3) is 0 Å². The van der Waals surface area contributed by atoms with Crippen molar-refractivity contribution in [3.05, 3.63) is 0 Å². The second-order valence-electron chi connectivity index (χ2n) is 5.94. The van der Waals surface area contributed by atoms with Crippen LogP contribution in [0, 0.1) is 5.41 Å². The van der Waals surface area contributed by atoms with Gasteiger partial charge in [0, 0.05) is 19.6 Å². The summed E-state index contributed by atoms with van der Waals surface area (Å²) in [6, 6.07) is 0. The molecule has 20 heavy (non-hydrogen) atoms. The molecule has 0 radical (unpaired) electrons. The number of carbonyl (C=O) groups is 2. The summed E-state index contributed by atoms with van der Waals surface area (Å²) in [5.74, 6) is -0.834. The Kier molecular flexibility index (Phi) is 7.59. The summed E-state index contributed by atoms with van der Waals surface area (Å²) in [4.78, 5) is 23.0. The molecule has 0 heterocycles. The SMILES string of the molecule is O=C(O)CC1(CC(=O)NCCCCCO)CCCCC1. The average Bonchev–Trinajstić information content (AvgIpc) is 2.38. The summed E-state index contributed by atoms with van der Waals surface area (Å²) in [6.07, 6.45) is 7.84. The van der Waals surface area contributed by atoms with Crippen molar-refractivity contribution in [3.63, 3.8) is 0 Å². The van der Waals surface area contributed by atoms with Gasteiger partial charge in [0.05, 0.1) is 6.42 Å². The summed E-state index contributed by atoms with van der Waals surface area (Å²) in [7, 11) is 0. The van der Waals surface area contributed by atoms with Crippen LogP contribution in [0.2, 0.25) is 0 Å². The van der Waals surface area contributed by atoms with Gasteiger partial charge >= 0.3 is 5.97 Å². The van der Waals surface area contributed by atoms with E-state index < -0.39 is 5.97 Å². The molecule has 1 fully saturated rings. The Bertz CT molecular complexity index is 311. The molecule has 1 aliphatic rings. The van der Waals surface area contributed by atoms with Crippen LogP contribution in [0.4, 0.5) is 0 Å². The van der Waals surface area contributed by atoms with Gasteiger partial charge in [0.1, 0.15) is 0 Å². The van der Waals surface area contributed by atoms with Crippen LogP contribution < -0.4 is 5.32 Å². The highest BCUT2D eigenvalue weighted by Crippen LogP contribution is 2.42. The van der Waals surface area contributed by atoms with Crippen LogP contribution in [-0.4, -0.2) is 35.2 Å². The fourth-order valence-corrected chi connectivity index (χ4v) is 3.08. The highest BCUT2D eigenvalue weighted by Gasteiger charge is 2.36. The Morgan fingerprint density at radius 1 is 1.00 bits per heavy atom. The van der Waals surface area contributed by atoms with E-state index in [0.717, 1.165) is 51.4 Å². The van der Waals surface area contributed by atoms with Gasteiger partial charge in [0.15, 0.2) is 0 Å². The van der Waals surface area contributed by atoms with Gasteiger partial charge < -0.3 is 15.5 Å². The fraction of sp³-hybridized carbons (Fsp3) is 0.867. The summed E-state index contributed by atoms with van der Waals surface area (Å²) in [5.41, 5.74) is -0.334. The second-order valence-corrected chi connectivity index (χ2v) is 5.94. The van der Waals surface area contributed by atoms with E-state index in [4.69, 9.17) is 10.2 Å². The minimum Gasteiger partial charge on any atom is -0.481 e. The summed E-state index contributed by atoms with van der Waals surface area (Å²) in [6.45, 7) is 0.803. The number of carbonyl (C=O) groups excluding carboxylic acids is 1. The van der Waals surface area contributed by atoms with E-state index in [1.807, 2.05) is 0 Å². The molecule has 0 bridgehead atoms. The normalized spacial score (nSPS) is 17.6. The first-order valence-corrected chi connectivity index (χ1v) is 7.67. The molecule has 0 atom stereocenters. The molecule has 0 aromatic carbocycles. The third-order valence-corrected chi connectivity index (χ3v) is 4.13. The van der Waals surface area contributed by atoms with Crippen molar-refractivity contribution in [1.29, 1.82) is 0 Å². The van der Waals surface area contributed by atoms with Crippen molar-refractivity contribution in [3.8, 4) is 0 Å². The number of nitrogens with one attached hydrogen (secondary N) is 1. The number of amides is 1. The molecule has 0 saturated heterocycles. The highest BCUT2D eigenvalue weighted by molar-refractivity contribution is 5.78. The second kappa shape index (κ2) is 8.95. The maximum Gasteiger partial charge on any atom is 0.303 e. The van der Waals surface area contributed by atoms with Crippen molar-refractivity contribution in [1.82, 2.24) is 5.32 Å². The molecule has 0 aromatic heterocycles. The van der Waals surface area contributed by atoms with Crippen molar-refractivity contribution >= 4 is 11.9 Å². The monoisotopic (exact) mass is 285 g/mol. The summed E-state index contributed by atoms with van der Waals surface area (Å²) >= 11 is 0. The molecule has 1 aliphatic carbocycles. The molecule has 0 spiro atoms. The van der Waals surface area contributed by atoms with Crippen LogP contribution >= 0.6 is 0 Å². The Morgan fingerprint density at radius 2 is 1.70 bits per heavy atom. The third kappa shape index (κ3) is 6.37. The minimum atomic E-state index is -0.803. The zero-order valence-corrected chi connectivity index (χ0v) is 12.2. The lowest BCUT2D eigenvalue weighted by Crippen LogP contribution is -2.35. The first-order chi connectivity index (χ1) is 9.58. The number of hydrogen-bond acceptors (Lipinski definition) is 3. The van der Waals surface area contributed by atoms with E-state index in [0.29, 0.717) is 13.0 Å². The lowest BCUT2D eigenvalue weighted by Gasteiger charge is -2.35. The summed E-state index contributed by atoms with van der Waals surface area (Å²) in [5, 5.41) is 20.6. The van der Waals surface area contributed by atoms with E-state index in [1.165, 1.54) is 0 Å². The van der Waals surface area contributed by atoms with Crippen LogP contribution in [0.5, 0.6) is 0 Å². The Hall–Kier alpha value is -1.10. The summed E-state index contributed by atoms with van der Waals surface area (Å²) < 4.78 is 0. The van der Waals surface area contributed by atoms with Crippen molar-refractivity contribution in [2.75, 3.05) is 13.2 Å². The average molecular weight is 285 g/mol. The number of rotatable bonds is 9. The molecular weight excluding hydrogens is 258 g/mol. The van der Waals surface area contributed by atoms with E-state index >= 15 is 0 Å². The lowest BCUT2D eigenvalue weighted by atomic mass is 9.69. The van der Waals surface area contributed by atoms with E-state index in [9.17, 15) is 9.59 Å². The molecule has 1 rings (SSSR count). The smallest absolute Gasteiger partial charge is 0.303 e.